The zero-order valence-electron chi connectivity index (χ0n) is 19.1. The van der Waals surface area contributed by atoms with E-state index in [1.165, 1.54) is 0 Å². The van der Waals surface area contributed by atoms with Crippen LogP contribution in [-0.2, 0) is 20.2 Å². The molecule has 0 aliphatic carbocycles. The molecule has 0 atom stereocenters. The predicted octanol–water partition coefficient (Wildman–Crippen LogP) is 4.49. The van der Waals surface area contributed by atoms with Crippen molar-refractivity contribution < 1.29 is 9.53 Å². The van der Waals surface area contributed by atoms with E-state index in [2.05, 4.69) is 21.5 Å². The van der Waals surface area contributed by atoms with Crippen LogP contribution in [-0.4, -0.2) is 43.8 Å². The van der Waals surface area contributed by atoms with E-state index in [-0.39, 0.29) is 12.6 Å². The van der Waals surface area contributed by atoms with Crippen molar-refractivity contribution in [2.24, 2.45) is 7.05 Å². The van der Waals surface area contributed by atoms with Crippen molar-refractivity contribution >= 4 is 28.5 Å². The van der Waals surface area contributed by atoms with Crippen LogP contribution in [0.1, 0.15) is 23.2 Å². The Morgan fingerprint density at radius 3 is 2.91 bits per heavy atom. The largest absolute Gasteiger partial charge is 0.487 e. The molecule has 0 spiro atoms. The lowest BCUT2D eigenvalue weighted by molar-refractivity contribution is 0.182. The summed E-state index contributed by atoms with van der Waals surface area (Å²) in [6, 6.07) is 9.88. The second-order valence-corrected chi connectivity index (χ2v) is 8.77. The quantitative estimate of drug-likeness (QED) is 0.443. The SMILES string of the molecule is Cc1cc(-c2ccnn2C)c2cccc(OCc3c(Cl)cncc3CN3CCCNC3=O)c2n1. The number of ether oxygens (including phenoxy) is 1. The molecule has 8 nitrogen and oxygen atoms in total. The first-order valence-corrected chi connectivity index (χ1v) is 11.5. The number of aromatic nitrogens is 4. The molecule has 9 heteroatoms. The summed E-state index contributed by atoms with van der Waals surface area (Å²) >= 11 is 6.52. The van der Waals surface area contributed by atoms with E-state index in [1.807, 2.05) is 42.9 Å². The lowest BCUT2D eigenvalue weighted by Gasteiger charge is -2.28. The number of urea groups is 1. The number of halogens is 1. The molecule has 4 heterocycles. The van der Waals surface area contributed by atoms with Crippen molar-refractivity contribution in [3.05, 3.63) is 70.8 Å². The topological polar surface area (TPSA) is 85.2 Å². The summed E-state index contributed by atoms with van der Waals surface area (Å²) in [4.78, 5) is 23.0. The monoisotopic (exact) mass is 476 g/mol. The minimum Gasteiger partial charge on any atom is -0.487 e. The van der Waals surface area contributed by atoms with Crippen molar-refractivity contribution in [3.63, 3.8) is 0 Å². The zero-order valence-corrected chi connectivity index (χ0v) is 19.8. The molecule has 174 valence electrons. The number of nitrogens with one attached hydrogen (secondary N) is 1. The molecule has 2 amide bonds. The number of nitrogens with zero attached hydrogens (tertiary/aromatic N) is 5. The van der Waals surface area contributed by atoms with Crippen molar-refractivity contribution in [1.29, 1.82) is 0 Å². The predicted molar refractivity (Wildman–Crippen MR) is 131 cm³/mol. The summed E-state index contributed by atoms with van der Waals surface area (Å²) < 4.78 is 8.13. The minimum absolute atomic E-state index is 0.0745. The van der Waals surface area contributed by atoms with Gasteiger partial charge in [0, 0.05) is 67.5 Å². The Kier molecular flexibility index (Phi) is 6.06. The maximum Gasteiger partial charge on any atom is 0.317 e. The molecule has 1 aliphatic heterocycles. The maximum absolute atomic E-state index is 12.2. The Balaban J connectivity index is 1.47. The van der Waals surface area contributed by atoms with Crippen molar-refractivity contribution in [2.75, 3.05) is 13.1 Å². The number of carbonyl (C=O) groups excluding carboxylic acids is 1. The highest BCUT2D eigenvalue weighted by molar-refractivity contribution is 6.31. The third-order valence-corrected chi connectivity index (χ3v) is 6.35. The highest BCUT2D eigenvalue weighted by atomic mass is 35.5. The van der Waals surface area contributed by atoms with Crippen LogP contribution in [0.2, 0.25) is 5.02 Å². The van der Waals surface area contributed by atoms with Gasteiger partial charge in [-0.1, -0.05) is 23.7 Å². The molecule has 0 bridgehead atoms. The number of amides is 2. The standard InChI is InChI=1S/C25H25ClN6O2/c1-16-11-19(22-7-9-29-31(22)2)18-5-3-6-23(24(18)30-16)34-15-20-17(12-27-13-21(20)26)14-32-10-4-8-28-25(32)33/h3,5-7,9,11-13H,4,8,10,14-15H2,1-2H3,(H,28,33). The summed E-state index contributed by atoms with van der Waals surface area (Å²) in [5.74, 6) is 0.666. The molecule has 1 N–H and O–H groups in total. The van der Waals surface area contributed by atoms with E-state index in [0.717, 1.165) is 45.4 Å². The van der Waals surface area contributed by atoms with Crippen LogP contribution in [0.4, 0.5) is 4.79 Å². The average Bonchev–Trinajstić information content (AvgIpc) is 3.25. The number of benzene rings is 1. The van der Waals surface area contributed by atoms with Gasteiger partial charge in [-0.15, -0.1) is 0 Å². The van der Waals surface area contributed by atoms with Crippen LogP contribution < -0.4 is 10.1 Å². The van der Waals surface area contributed by atoms with E-state index >= 15 is 0 Å². The number of hydrogen-bond acceptors (Lipinski definition) is 5. The number of fused-ring (bicyclic) bond motifs is 1. The fourth-order valence-electron chi connectivity index (χ4n) is 4.30. The summed E-state index contributed by atoms with van der Waals surface area (Å²) in [5, 5.41) is 8.68. The van der Waals surface area contributed by atoms with Gasteiger partial charge >= 0.3 is 6.03 Å². The van der Waals surface area contributed by atoms with Crippen LogP contribution in [0.25, 0.3) is 22.2 Å². The van der Waals surface area contributed by atoms with Crippen LogP contribution in [0.5, 0.6) is 5.75 Å². The lowest BCUT2D eigenvalue weighted by atomic mass is 10.0. The van der Waals surface area contributed by atoms with Gasteiger partial charge in [-0.3, -0.25) is 9.67 Å². The van der Waals surface area contributed by atoms with Gasteiger partial charge in [-0.05, 0) is 37.1 Å². The summed E-state index contributed by atoms with van der Waals surface area (Å²) in [5.41, 5.74) is 5.40. The fraction of sp³-hybridized carbons (Fsp3) is 0.280. The molecule has 1 fully saturated rings. The normalized spacial score (nSPS) is 13.9. The lowest BCUT2D eigenvalue weighted by Crippen LogP contribution is -2.45. The molecule has 3 aromatic heterocycles. The van der Waals surface area contributed by atoms with E-state index in [0.29, 0.717) is 30.4 Å². The van der Waals surface area contributed by atoms with Gasteiger partial charge in [-0.2, -0.15) is 5.10 Å². The van der Waals surface area contributed by atoms with Crippen LogP contribution in [0.3, 0.4) is 0 Å². The molecular formula is C25H25ClN6O2. The second kappa shape index (κ2) is 9.30. The highest BCUT2D eigenvalue weighted by Crippen LogP contribution is 2.34. The van der Waals surface area contributed by atoms with Gasteiger partial charge in [0.05, 0.1) is 10.7 Å². The van der Waals surface area contributed by atoms with Crippen molar-refractivity contribution in [2.45, 2.75) is 26.5 Å². The number of aryl methyl sites for hydroxylation is 2. The Bertz CT molecular complexity index is 1370. The fourth-order valence-corrected chi connectivity index (χ4v) is 4.53. The molecular weight excluding hydrogens is 452 g/mol. The van der Waals surface area contributed by atoms with Gasteiger partial charge in [-0.25, -0.2) is 9.78 Å². The molecule has 0 unspecified atom stereocenters. The van der Waals surface area contributed by atoms with E-state index < -0.39 is 0 Å². The van der Waals surface area contributed by atoms with Crippen LogP contribution in [0.15, 0.2) is 48.9 Å². The van der Waals surface area contributed by atoms with Gasteiger partial charge in [0.1, 0.15) is 17.9 Å². The molecule has 4 aromatic rings. The van der Waals surface area contributed by atoms with E-state index in [9.17, 15) is 4.79 Å². The second-order valence-electron chi connectivity index (χ2n) is 8.36. The Morgan fingerprint density at radius 1 is 1.24 bits per heavy atom. The van der Waals surface area contributed by atoms with Crippen LogP contribution in [0, 0.1) is 6.92 Å². The third kappa shape index (κ3) is 4.28. The zero-order chi connectivity index (χ0) is 23.7. The van der Waals surface area contributed by atoms with Gasteiger partial charge in [0.15, 0.2) is 0 Å². The number of carbonyl (C=O) groups is 1. The summed E-state index contributed by atoms with van der Waals surface area (Å²) in [7, 11) is 1.92. The minimum atomic E-state index is -0.0745. The molecule has 5 rings (SSSR count). The highest BCUT2D eigenvalue weighted by Gasteiger charge is 2.20. The third-order valence-electron chi connectivity index (χ3n) is 6.02. The van der Waals surface area contributed by atoms with Gasteiger partial charge in [0.25, 0.3) is 0 Å². The maximum atomic E-state index is 12.2. The van der Waals surface area contributed by atoms with Gasteiger partial charge in [0.2, 0.25) is 0 Å². The Labute approximate surface area is 202 Å². The molecule has 34 heavy (non-hydrogen) atoms. The molecule has 1 aromatic carbocycles. The molecule has 1 aliphatic rings. The van der Waals surface area contributed by atoms with Gasteiger partial charge < -0.3 is 15.0 Å². The number of hydrogen-bond donors (Lipinski definition) is 1. The van der Waals surface area contributed by atoms with Crippen molar-refractivity contribution in [3.8, 4) is 17.0 Å². The number of rotatable bonds is 6. The average molecular weight is 477 g/mol. The van der Waals surface area contributed by atoms with Crippen LogP contribution >= 0.6 is 11.6 Å². The Morgan fingerprint density at radius 2 is 2.12 bits per heavy atom. The summed E-state index contributed by atoms with van der Waals surface area (Å²) in [6.45, 7) is 4.03. The molecule has 0 saturated carbocycles. The first-order valence-electron chi connectivity index (χ1n) is 11.2. The molecule has 0 radical (unpaired) electrons. The first kappa shape index (κ1) is 22.2. The Hall–Kier alpha value is -3.65. The number of para-hydroxylation sites is 1. The molecule has 1 saturated heterocycles. The van der Waals surface area contributed by atoms with E-state index in [4.69, 9.17) is 21.3 Å². The first-order chi connectivity index (χ1) is 16.5. The smallest absolute Gasteiger partial charge is 0.317 e. The van der Waals surface area contributed by atoms with Crippen molar-refractivity contribution in [1.82, 2.24) is 30.0 Å². The van der Waals surface area contributed by atoms with E-state index in [1.54, 1.807) is 23.5 Å². The summed E-state index contributed by atoms with van der Waals surface area (Å²) in [6.07, 6.45) is 6.04. The number of pyridine rings is 2.